The Balaban J connectivity index is 2.19. The summed E-state index contributed by atoms with van der Waals surface area (Å²) in [5.41, 5.74) is 0.286. The Morgan fingerprint density at radius 1 is 1.24 bits per heavy atom. The second-order valence-electron chi connectivity index (χ2n) is 4.71. The van der Waals surface area contributed by atoms with Crippen LogP contribution in [0, 0.1) is 17.6 Å². The lowest BCUT2D eigenvalue weighted by Gasteiger charge is -2.45. The molecular formula is C14H19F2N. The molecule has 3 atom stereocenters. The molecule has 1 aliphatic carbocycles. The van der Waals surface area contributed by atoms with E-state index in [4.69, 9.17) is 0 Å². The van der Waals surface area contributed by atoms with Crippen molar-refractivity contribution in [1.29, 1.82) is 0 Å². The van der Waals surface area contributed by atoms with Gasteiger partial charge in [-0.05, 0) is 36.9 Å². The minimum absolute atomic E-state index is 0.0326. The van der Waals surface area contributed by atoms with E-state index in [1.807, 2.05) is 0 Å². The lowest BCUT2D eigenvalue weighted by molar-refractivity contribution is 0.156. The fraction of sp³-hybridized carbons (Fsp3) is 0.571. The summed E-state index contributed by atoms with van der Waals surface area (Å²) < 4.78 is 27.4. The zero-order chi connectivity index (χ0) is 12.4. The first-order chi connectivity index (χ1) is 8.19. The monoisotopic (exact) mass is 239 g/mol. The summed E-state index contributed by atoms with van der Waals surface area (Å²) in [6, 6.07) is 4.54. The average Bonchev–Trinajstić information content (AvgIpc) is 2.26. The quantitative estimate of drug-likeness (QED) is 0.848. The van der Waals surface area contributed by atoms with E-state index in [-0.39, 0.29) is 11.5 Å². The summed E-state index contributed by atoms with van der Waals surface area (Å²) in [6.45, 7) is 5.05. The van der Waals surface area contributed by atoms with Crippen LogP contribution in [0.2, 0.25) is 0 Å². The van der Waals surface area contributed by atoms with E-state index in [1.165, 1.54) is 18.2 Å². The number of rotatable bonds is 4. The molecule has 0 aromatic heterocycles. The minimum Gasteiger partial charge on any atom is -0.314 e. The first-order valence-electron chi connectivity index (χ1n) is 6.36. The lowest BCUT2D eigenvalue weighted by atomic mass is 9.64. The highest BCUT2D eigenvalue weighted by Crippen LogP contribution is 2.46. The highest BCUT2D eigenvalue weighted by molar-refractivity contribution is 5.28. The van der Waals surface area contributed by atoms with Crippen LogP contribution in [0.25, 0.3) is 0 Å². The molecule has 1 N–H and O–H groups in total. The van der Waals surface area contributed by atoms with Crippen LogP contribution in [0.4, 0.5) is 8.78 Å². The van der Waals surface area contributed by atoms with Crippen LogP contribution < -0.4 is 5.32 Å². The van der Waals surface area contributed by atoms with E-state index in [9.17, 15) is 8.78 Å². The number of benzene rings is 1. The van der Waals surface area contributed by atoms with Crippen molar-refractivity contribution >= 4 is 0 Å². The molecule has 1 aromatic rings. The van der Waals surface area contributed by atoms with E-state index >= 15 is 0 Å². The Kier molecular flexibility index (Phi) is 3.77. The Labute approximate surface area is 101 Å². The van der Waals surface area contributed by atoms with Gasteiger partial charge in [-0.15, -0.1) is 0 Å². The predicted molar refractivity (Wildman–Crippen MR) is 65.0 cm³/mol. The van der Waals surface area contributed by atoms with Gasteiger partial charge in [-0.2, -0.15) is 0 Å². The maximum Gasteiger partial charge on any atom is 0.129 e. The van der Waals surface area contributed by atoms with Crippen molar-refractivity contribution in [1.82, 2.24) is 5.32 Å². The molecule has 0 amide bonds. The summed E-state index contributed by atoms with van der Waals surface area (Å²) in [6.07, 6.45) is 1.79. The largest absolute Gasteiger partial charge is 0.314 e. The minimum atomic E-state index is -0.400. The van der Waals surface area contributed by atoms with Gasteiger partial charge in [0.15, 0.2) is 0 Å². The van der Waals surface area contributed by atoms with E-state index in [0.717, 1.165) is 19.4 Å². The van der Waals surface area contributed by atoms with Crippen molar-refractivity contribution in [2.24, 2.45) is 5.92 Å². The first-order valence-corrected chi connectivity index (χ1v) is 6.36. The number of halogens is 2. The molecule has 1 nitrogen and oxygen atoms in total. The topological polar surface area (TPSA) is 12.0 Å². The molecule has 0 bridgehead atoms. The fourth-order valence-corrected chi connectivity index (χ4v) is 2.97. The summed E-state index contributed by atoms with van der Waals surface area (Å²) in [5, 5.41) is 3.38. The molecule has 17 heavy (non-hydrogen) atoms. The van der Waals surface area contributed by atoms with Crippen molar-refractivity contribution in [3.63, 3.8) is 0 Å². The van der Waals surface area contributed by atoms with Crippen molar-refractivity contribution in [2.75, 3.05) is 6.54 Å². The van der Waals surface area contributed by atoms with Gasteiger partial charge in [-0.1, -0.05) is 26.3 Å². The number of hydrogen-bond acceptors (Lipinski definition) is 1. The zero-order valence-corrected chi connectivity index (χ0v) is 10.3. The van der Waals surface area contributed by atoms with E-state index in [2.05, 4.69) is 19.2 Å². The molecule has 0 spiro atoms. The maximum absolute atomic E-state index is 13.7. The van der Waals surface area contributed by atoms with Crippen molar-refractivity contribution < 1.29 is 8.78 Å². The third-order valence-corrected chi connectivity index (χ3v) is 3.85. The Hall–Kier alpha value is -0.960. The molecule has 1 saturated carbocycles. The molecule has 2 rings (SSSR count). The normalized spacial score (nSPS) is 27.9. The number of hydrogen-bond donors (Lipinski definition) is 1. The highest BCUT2D eigenvalue weighted by Gasteiger charge is 2.42. The molecular weight excluding hydrogens is 220 g/mol. The smallest absolute Gasteiger partial charge is 0.129 e. The van der Waals surface area contributed by atoms with Gasteiger partial charge in [0.25, 0.3) is 0 Å². The molecule has 3 heteroatoms. The lowest BCUT2D eigenvalue weighted by Crippen LogP contribution is -2.49. The van der Waals surface area contributed by atoms with Crippen LogP contribution in [0.3, 0.4) is 0 Å². The molecule has 0 heterocycles. The third kappa shape index (κ3) is 2.21. The predicted octanol–water partition coefficient (Wildman–Crippen LogP) is 3.46. The molecule has 3 unspecified atom stereocenters. The van der Waals surface area contributed by atoms with E-state index in [0.29, 0.717) is 12.0 Å². The van der Waals surface area contributed by atoms with Crippen LogP contribution in [-0.4, -0.2) is 12.6 Å². The summed E-state index contributed by atoms with van der Waals surface area (Å²) in [5.74, 6) is -0.418. The van der Waals surface area contributed by atoms with Gasteiger partial charge in [0.05, 0.1) is 0 Å². The molecule has 94 valence electrons. The van der Waals surface area contributed by atoms with Gasteiger partial charge in [-0.3, -0.25) is 0 Å². The van der Waals surface area contributed by atoms with Crippen LogP contribution in [-0.2, 0) is 0 Å². The van der Waals surface area contributed by atoms with Crippen molar-refractivity contribution in [2.45, 2.75) is 38.6 Å². The molecule has 1 aromatic carbocycles. The summed E-state index contributed by atoms with van der Waals surface area (Å²) in [7, 11) is 0. The molecule has 1 aliphatic rings. The van der Waals surface area contributed by atoms with Crippen LogP contribution in [0.15, 0.2) is 18.2 Å². The Bertz CT molecular complexity index is 372. The number of nitrogens with one attached hydrogen (secondary N) is 1. The zero-order valence-electron chi connectivity index (χ0n) is 10.3. The van der Waals surface area contributed by atoms with Gasteiger partial charge in [0.2, 0.25) is 0 Å². The van der Waals surface area contributed by atoms with Gasteiger partial charge >= 0.3 is 0 Å². The van der Waals surface area contributed by atoms with Gasteiger partial charge in [0, 0.05) is 11.6 Å². The van der Waals surface area contributed by atoms with Gasteiger partial charge in [-0.25, -0.2) is 8.78 Å². The molecule has 0 saturated heterocycles. The SMILES string of the molecule is CCNC1CC(c2c(F)cccc2F)C1CC. The molecule has 0 aliphatic heterocycles. The first kappa shape index (κ1) is 12.5. The van der Waals surface area contributed by atoms with Crippen molar-refractivity contribution in [3.05, 3.63) is 35.4 Å². The van der Waals surface area contributed by atoms with Crippen LogP contribution in [0.1, 0.15) is 38.2 Å². The van der Waals surface area contributed by atoms with Gasteiger partial charge < -0.3 is 5.32 Å². The second-order valence-corrected chi connectivity index (χ2v) is 4.71. The molecule has 1 fully saturated rings. The van der Waals surface area contributed by atoms with Gasteiger partial charge in [0.1, 0.15) is 11.6 Å². The fourth-order valence-electron chi connectivity index (χ4n) is 2.97. The third-order valence-electron chi connectivity index (χ3n) is 3.85. The van der Waals surface area contributed by atoms with Crippen molar-refractivity contribution in [3.8, 4) is 0 Å². The average molecular weight is 239 g/mol. The van der Waals surface area contributed by atoms with Crippen LogP contribution >= 0.6 is 0 Å². The second kappa shape index (κ2) is 5.13. The maximum atomic E-state index is 13.7. The Morgan fingerprint density at radius 3 is 2.41 bits per heavy atom. The summed E-state index contributed by atoms with van der Waals surface area (Å²) in [4.78, 5) is 0. The highest BCUT2D eigenvalue weighted by atomic mass is 19.1. The van der Waals surface area contributed by atoms with E-state index < -0.39 is 11.6 Å². The Morgan fingerprint density at radius 2 is 1.88 bits per heavy atom. The van der Waals surface area contributed by atoms with E-state index in [1.54, 1.807) is 0 Å². The summed E-state index contributed by atoms with van der Waals surface area (Å²) >= 11 is 0. The van der Waals surface area contributed by atoms with Crippen LogP contribution in [0.5, 0.6) is 0 Å². The standard InChI is InChI=1S/C14H19F2N/c1-3-9-10(8-13(9)17-4-2)14-11(15)6-5-7-12(14)16/h5-7,9-10,13,17H,3-4,8H2,1-2H3. The molecule has 0 radical (unpaired) electrons.